The fourth-order valence-corrected chi connectivity index (χ4v) is 2.21. The van der Waals surface area contributed by atoms with Crippen LogP contribution in [0.25, 0.3) is 0 Å². The summed E-state index contributed by atoms with van der Waals surface area (Å²) >= 11 is 0. The molecule has 0 aromatic heterocycles. The van der Waals surface area contributed by atoms with Crippen molar-refractivity contribution in [3.8, 4) is 0 Å². The lowest BCUT2D eigenvalue weighted by atomic mass is 10.1. The first-order valence-electron chi connectivity index (χ1n) is 6.34. The molecule has 0 amide bonds. The molecule has 1 rings (SSSR count). The van der Waals surface area contributed by atoms with Crippen molar-refractivity contribution in [2.24, 2.45) is 5.92 Å². The third-order valence-corrected chi connectivity index (χ3v) is 3.12. The molecule has 2 unspecified atom stereocenters. The first-order chi connectivity index (χ1) is 8.26. The molecule has 0 aliphatic carbocycles. The van der Waals surface area contributed by atoms with Crippen molar-refractivity contribution < 1.29 is 19.7 Å². The van der Waals surface area contributed by atoms with Crippen molar-refractivity contribution in [1.82, 2.24) is 4.90 Å². The number of methoxy groups -OCH3 is 1. The summed E-state index contributed by atoms with van der Waals surface area (Å²) in [5, 5.41) is 18.6. The van der Waals surface area contributed by atoms with Crippen LogP contribution in [-0.4, -0.2) is 74.4 Å². The van der Waals surface area contributed by atoms with E-state index in [1.165, 1.54) is 0 Å². The van der Waals surface area contributed by atoms with Gasteiger partial charge >= 0.3 is 0 Å². The Balaban J connectivity index is 2.04. The fourth-order valence-electron chi connectivity index (χ4n) is 2.21. The van der Waals surface area contributed by atoms with Gasteiger partial charge in [-0.25, -0.2) is 0 Å². The van der Waals surface area contributed by atoms with Gasteiger partial charge in [-0.1, -0.05) is 0 Å². The van der Waals surface area contributed by atoms with Gasteiger partial charge in [0.2, 0.25) is 0 Å². The minimum absolute atomic E-state index is 0.265. The summed E-state index contributed by atoms with van der Waals surface area (Å²) in [5.41, 5.74) is 0. The Labute approximate surface area is 103 Å². The average Bonchev–Trinajstić information content (AvgIpc) is 2.73. The van der Waals surface area contributed by atoms with Gasteiger partial charge in [-0.05, 0) is 25.3 Å². The van der Waals surface area contributed by atoms with Gasteiger partial charge in [0.25, 0.3) is 0 Å². The molecule has 1 aliphatic heterocycles. The Morgan fingerprint density at radius 3 is 2.94 bits per heavy atom. The topological polar surface area (TPSA) is 62.2 Å². The molecule has 1 fully saturated rings. The highest BCUT2D eigenvalue weighted by Gasteiger charge is 2.23. The van der Waals surface area contributed by atoms with E-state index in [2.05, 4.69) is 4.90 Å². The van der Waals surface area contributed by atoms with E-state index in [1.807, 2.05) is 0 Å². The number of rotatable bonds is 9. The van der Waals surface area contributed by atoms with Crippen LogP contribution in [-0.2, 0) is 9.47 Å². The second kappa shape index (κ2) is 8.83. The van der Waals surface area contributed by atoms with E-state index < -0.39 is 6.10 Å². The molecule has 0 spiro atoms. The molecule has 2 atom stereocenters. The molecule has 0 bridgehead atoms. The van der Waals surface area contributed by atoms with Crippen molar-refractivity contribution in [2.45, 2.75) is 18.9 Å². The van der Waals surface area contributed by atoms with Crippen LogP contribution in [0.15, 0.2) is 0 Å². The summed E-state index contributed by atoms with van der Waals surface area (Å²) in [5.74, 6) is 0.585. The summed E-state index contributed by atoms with van der Waals surface area (Å²) in [6.45, 7) is 4.38. The Bertz CT molecular complexity index is 191. The lowest BCUT2D eigenvalue weighted by molar-refractivity contribution is 0.00168. The number of likely N-dealkylation sites (tertiary alicyclic amines) is 1. The zero-order chi connectivity index (χ0) is 12.5. The highest BCUT2D eigenvalue weighted by atomic mass is 16.5. The molecule has 17 heavy (non-hydrogen) atoms. The summed E-state index contributed by atoms with van der Waals surface area (Å²) < 4.78 is 10.1. The lowest BCUT2D eigenvalue weighted by Gasteiger charge is -2.20. The maximum absolute atomic E-state index is 9.77. The molecule has 0 saturated carbocycles. The molecule has 1 heterocycles. The Morgan fingerprint density at radius 2 is 2.24 bits per heavy atom. The molecule has 5 nitrogen and oxygen atoms in total. The summed E-state index contributed by atoms with van der Waals surface area (Å²) in [7, 11) is 1.63. The second-order valence-electron chi connectivity index (χ2n) is 4.65. The van der Waals surface area contributed by atoms with E-state index >= 15 is 0 Å². The zero-order valence-corrected chi connectivity index (χ0v) is 10.7. The Kier molecular flexibility index (Phi) is 7.72. The van der Waals surface area contributed by atoms with Gasteiger partial charge in [0.05, 0.1) is 25.9 Å². The summed E-state index contributed by atoms with van der Waals surface area (Å²) in [4.78, 5) is 2.24. The van der Waals surface area contributed by atoms with Crippen LogP contribution in [0.2, 0.25) is 0 Å². The number of hydrogen-bond donors (Lipinski definition) is 2. The molecule has 0 aromatic rings. The SMILES string of the molecule is COCCOCC(O)CN1CCC(CCO)C1. The van der Waals surface area contributed by atoms with E-state index in [-0.39, 0.29) is 6.61 Å². The number of aliphatic hydroxyl groups is 2. The molecule has 5 heteroatoms. The van der Waals surface area contributed by atoms with E-state index in [4.69, 9.17) is 14.6 Å². The van der Waals surface area contributed by atoms with Gasteiger partial charge in [0.15, 0.2) is 0 Å². The number of nitrogens with zero attached hydrogens (tertiary/aromatic N) is 1. The van der Waals surface area contributed by atoms with Crippen LogP contribution in [0.5, 0.6) is 0 Å². The van der Waals surface area contributed by atoms with Gasteiger partial charge in [0, 0.05) is 26.8 Å². The molecule has 0 radical (unpaired) electrons. The number of hydrogen-bond acceptors (Lipinski definition) is 5. The number of β-amino-alcohol motifs (C(OH)–C–C–N with tert-alkyl or cyclic N) is 1. The monoisotopic (exact) mass is 247 g/mol. The van der Waals surface area contributed by atoms with Crippen molar-refractivity contribution >= 4 is 0 Å². The standard InChI is InChI=1S/C12H25NO4/c1-16-6-7-17-10-12(15)9-13-4-2-11(8-13)3-5-14/h11-12,14-15H,2-10H2,1H3. The third-order valence-electron chi connectivity index (χ3n) is 3.12. The smallest absolute Gasteiger partial charge is 0.0900 e. The highest BCUT2D eigenvalue weighted by Crippen LogP contribution is 2.19. The van der Waals surface area contributed by atoms with Gasteiger partial charge in [-0.2, -0.15) is 0 Å². The summed E-state index contributed by atoms with van der Waals surface area (Å²) in [6.07, 6.45) is 1.56. The second-order valence-corrected chi connectivity index (χ2v) is 4.65. The normalized spacial score (nSPS) is 23.1. The summed E-state index contributed by atoms with van der Waals surface area (Å²) in [6, 6.07) is 0. The van der Waals surface area contributed by atoms with Crippen LogP contribution < -0.4 is 0 Å². The largest absolute Gasteiger partial charge is 0.396 e. The quantitative estimate of drug-likeness (QED) is 0.549. The Morgan fingerprint density at radius 1 is 1.41 bits per heavy atom. The predicted octanol–water partition coefficient (Wildman–Crippen LogP) is -0.285. The van der Waals surface area contributed by atoms with Crippen molar-refractivity contribution in [3.63, 3.8) is 0 Å². The number of aliphatic hydroxyl groups excluding tert-OH is 2. The van der Waals surface area contributed by atoms with E-state index in [0.717, 1.165) is 25.9 Å². The minimum Gasteiger partial charge on any atom is -0.396 e. The maximum atomic E-state index is 9.77. The van der Waals surface area contributed by atoms with Crippen molar-refractivity contribution in [3.05, 3.63) is 0 Å². The molecular weight excluding hydrogens is 222 g/mol. The molecule has 102 valence electrons. The Hall–Kier alpha value is -0.200. The van der Waals surface area contributed by atoms with Gasteiger partial charge in [0.1, 0.15) is 0 Å². The average molecular weight is 247 g/mol. The van der Waals surface area contributed by atoms with E-state index in [0.29, 0.717) is 32.3 Å². The van der Waals surface area contributed by atoms with Gasteiger partial charge in [-0.15, -0.1) is 0 Å². The van der Waals surface area contributed by atoms with Crippen LogP contribution in [0.4, 0.5) is 0 Å². The number of ether oxygens (including phenoxy) is 2. The van der Waals surface area contributed by atoms with E-state index in [1.54, 1.807) is 7.11 Å². The maximum Gasteiger partial charge on any atom is 0.0900 e. The highest BCUT2D eigenvalue weighted by molar-refractivity contribution is 4.77. The van der Waals surface area contributed by atoms with Crippen LogP contribution in [0.1, 0.15) is 12.8 Å². The molecule has 0 aromatic carbocycles. The van der Waals surface area contributed by atoms with Crippen molar-refractivity contribution in [1.29, 1.82) is 0 Å². The van der Waals surface area contributed by atoms with Gasteiger partial charge < -0.3 is 24.6 Å². The first kappa shape index (κ1) is 14.9. The molecule has 2 N–H and O–H groups in total. The van der Waals surface area contributed by atoms with Crippen molar-refractivity contribution in [2.75, 3.05) is 53.2 Å². The van der Waals surface area contributed by atoms with Crippen LogP contribution >= 0.6 is 0 Å². The molecule has 1 aliphatic rings. The van der Waals surface area contributed by atoms with E-state index in [9.17, 15) is 5.11 Å². The predicted molar refractivity (Wildman–Crippen MR) is 65.0 cm³/mol. The lowest BCUT2D eigenvalue weighted by Crippen LogP contribution is -2.33. The fraction of sp³-hybridized carbons (Fsp3) is 1.00. The first-order valence-corrected chi connectivity index (χ1v) is 6.34. The molecular formula is C12H25NO4. The third kappa shape index (κ3) is 6.33. The van der Waals surface area contributed by atoms with Crippen LogP contribution in [0.3, 0.4) is 0 Å². The minimum atomic E-state index is -0.431. The van der Waals surface area contributed by atoms with Gasteiger partial charge in [-0.3, -0.25) is 0 Å². The molecule has 1 saturated heterocycles. The van der Waals surface area contributed by atoms with Crippen LogP contribution in [0, 0.1) is 5.92 Å². The zero-order valence-electron chi connectivity index (χ0n) is 10.7.